The zero-order valence-corrected chi connectivity index (χ0v) is 11.7. The number of hydrogen-bond acceptors (Lipinski definition) is 2. The molecule has 1 fully saturated rings. The predicted octanol–water partition coefficient (Wildman–Crippen LogP) is 3.57. The maximum atomic E-state index is 10.8. The molecule has 0 heterocycles. The lowest BCUT2D eigenvalue weighted by molar-refractivity contribution is -0.0382. The van der Waals surface area contributed by atoms with Crippen LogP contribution in [0.25, 0.3) is 0 Å². The Bertz CT molecular complexity index is 411. The van der Waals surface area contributed by atoms with Crippen LogP contribution >= 0.6 is 0 Å². The first-order valence-electron chi connectivity index (χ1n) is 6.78. The number of rotatable bonds is 3. The van der Waals surface area contributed by atoms with Gasteiger partial charge in [0.2, 0.25) is 0 Å². The zero-order valence-electron chi connectivity index (χ0n) is 11.7. The molecule has 1 atom stereocenters. The third kappa shape index (κ3) is 3.26. The topological polar surface area (TPSA) is 29.5 Å². The fourth-order valence-electron chi connectivity index (χ4n) is 3.28. The molecule has 1 aromatic carbocycles. The quantitative estimate of drug-likeness (QED) is 0.886. The van der Waals surface area contributed by atoms with Crippen LogP contribution in [-0.4, -0.2) is 17.8 Å². The first kappa shape index (κ1) is 13.4. The third-order valence-corrected chi connectivity index (χ3v) is 3.97. The number of methoxy groups -OCH3 is 1. The molecule has 2 nitrogen and oxygen atoms in total. The van der Waals surface area contributed by atoms with Gasteiger partial charge in [0.25, 0.3) is 0 Å². The van der Waals surface area contributed by atoms with Crippen molar-refractivity contribution in [1.29, 1.82) is 0 Å². The molecule has 0 bridgehead atoms. The van der Waals surface area contributed by atoms with Gasteiger partial charge in [0.15, 0.2) is 0 Å². The fourth-order valence-corrected chi connectivity index (χ4v) is 3.28. The molecular formula is C16H24O2. The second kappa shape index (κ2) is 4.93. The van der Waals surface area contributed by atoms with E-state index in [1.165, 1.54) is 6.42 Å². The summed E-state index contributed by atoms with van der Waals surface area (Å²) in [6.07, 6.45) is 4.86. The van der Waals surface area contributed by atoms with Crippen molar-refractivity contribution in [2.24, 2.45) is 5.41 Å². The highest BCUT2D eigenvalue weighted by Crippen LogP contribution is 2.42. The molecule has 1 saturated carbocycles. The summed E-state index contributed by atoms with van der Waals surface area (Å²) in [5, 5.41) is 10.8. The lowest BCUT2D eigenvalue weighted by Crippen LogP contribution is -2.40. The monoisotopic (exact) mass is 248 g/mol. The number of aliphatic hydroxyl groups is 1. The van der Waals surface area contributed by atoms with Crippen molar-refractivity contribution in [3.05, 3.63) is 29.8 Å². The van der Waals surface area contributed by atoms with Gasteiger partial charge in [0.05, 0.1) is 12.7 Å². The Labute approximate surface area is 110 Å². The maximum absolute atomic E-state index is 10.8. The van der Waals surface area contributed by atoms with Crippen LogP contribution in [0.5, 0.6) is 5.75 Å². The highest BCUT2D eigenvalue weighted by molar-refractivity contribution is 5.29. The van der Waals surface area contributed by atoms with Crippen molar-refractivity contribution in [3.63, 3.8) is 0 Å². The molecule has 1 aromatic rings. The predicted molar refractivity (Wildman–Crippen MR) is 73.9 cm³/mol. The van der Waals surface area contributed by atoms with Gasteiger partial charge in [-0.3, -0.25) is 0 Å². The van der Waals surface area contributed by atoms with Crippen LogP contribution in [0.2, 0.25) is 0 Å². The van der Waals surface area contributed by atoms with E-state index in [1.54, 1.807) is 7.11 Å². The first-order valence-corrected chi connectivity index (χ1v) is 6.78. The number of ether oxygens (including phenoxy) is 1. The molecule has 1 N–H and O–H groups in total. The number of benzene rings is 1. The van der Waals surface area contributed by atoms with Gasteiger partial charge in [0, 0.05) is 6.42 Å². The van der Waals surface area contributed by atoms with Crippen LogP contribution < -0.4 is 4.74 Å². The first-order chi connectivity index (χ1) is 8.42. The summed E-state index contributed by atoms with van der Waals surface area (Å²) in [4.78, 5) is 0. The van der Waals surface area contributed by atoms with E-state index in [9.17, 15) is 5.11 Å². The number of hydrogen-bond donors (Lipinski definition) is 1. The van der Waals surface area contributed by atoms with Gasteiger partial charge in [-0.1, -0.05) is 32.4 Å². The molecule has 1 aliphatic carbocycles. The zero-order chi connectivity index (χ0) is 13.2. The second-order valence-electron chi connectivity index (χ2n) is 6.45. The molecule has 2 rings (SSSR count). The molecule has 18 heavy (non-hydrogen) atoms. The second-order valence-corrected chi connectivity index (χ2v) is 6.45. The van der Waals surface area contributed by atoms with Gasteiger partial charge in [0.1, 0.15) is 5.75 Å². The van der Waals surface area contributed by atoms with Crippen LogP contribution in [0.1, 0.15) is 45.1 Å². The van der Waals surface area contributed by atoms with Crippen molar-refractivity contribution >= 4 is 0 Å². The van der Waals surface area contributed by atoms with Crippen LogP contribution in [-0.2, 0) is 6.42 Å². The van der Waals surface area contributed by atoms with Gasteiger partial charge in [-0.2, -0.15) is 0 Å². The van der Waals surface area contributed by atoms with Crippen LogP contribution in [0.4, 0.5) is 0 Å². The Morgan fingerprint density at radius 2 is 2.06 bits per heavy atom. The molecule has 1 aliphatic rings. The van der Waals surface area contributed by atoms with Crippen molar-refractivity contribution in [2.45, 2.75) is 51.6 Å². The molecule has 2 heteroatoms. The smallest absolute Gasteiger partial charge is 0.119 e. The Kier molecular flexibility index (Phi) is 3.67. The molecule has 0 spiro atoms. The van der Waals surface area contributed by atoms with Crippen molar-refractivity contribution in [2.75, 3.05) is 7.11 Å². The average Bonchev–Trinajstić information content (AvgIpc) is 2.26. The summed E-state index contributed by atoms with van der Waals surface area (Å²) in [6, 6.07) is 8.03. The Hall–Kier alpha value is -1.02. The van der Waals surface area contributed by atoms with Gasteiger partial charge >= 0.3 is 0 Å². The van der Waals surface area contributed by atoms with Crippen LogP contribution in [0, 0.1) is 5.41 Å². The minimum Gasteiger partial charge on any atom is -0.497 e. The summed E-state index contributed by atoms with van der Waals surface area (Å²) in [5.74, 6) is 0.867. The summed E-state index contributed by atoms with van der Waals surface area (Å²) < 4.78 is 5.24. The van der Waals surface area contributed by atoms with Gasteiger partial charge in [-0.25, -0.2) is 0 Å². The molecule has 100 valence electrons. The molecule has 1 unspecified atom stereocenters. The van der Waals surface area contributed by atoms with Gasteiger partial charge < -0.3 is 9.84 Å². The SMILES string of the molecule is COc1cccc(CC2(O)CCCC(C)(C)C2)c1. The summed E-state index contributed by atoms with van der Waals surface area (Å²) in [5.41, 5.74) is 0.870. The van der Waals surface area contributed by atoms with E-state index in [-0.39, 0.29) is 5.41 Å². The van der Waals surface area contributed by atoms with E-state index in [1.807, 2.05) is 18.2 Å². The van der Waals surface area contributed by atoms with Crippen molar-refractivity contribution in [1.82, 2.24) is 0 Å². The van der Waals surface area contributed by atoms with Gasteiger partial charge in [-0.05, 0) is 42.4 Å². The fraction of sp³-hybridized carbons (Fsp3) is 0.625. The standard InChI is InChI=1S/C16H24O2/c1-15(2)8-5-9-16(17,12-15)11-13-6-4-7-14(10-13)18-3/h4,6-7,10,17H,5,8-9,11-12H2,1-3H3. The normalized spacial score (nSPS) is 26.9. The van der Waals surface area contributed by atoms with Crippen LogP contribution in [0.3, 0.4) is 0 Å². The summed E-state index contributed by atoms with van der Waals surface area (Å²) >= 11 is 0. The van der Waals surface area contributed by atoms with E-state index in [2.05, 4.69) is 19.9 Å². The van der Waals surface area contributed by atoms with Crippen LogP contribution in [0.15, 0.2) is 24.3 Å². The third-order valence-electron chi connectivity index (χ3n) is 3.97. The Morgan fingerprint density at radius 3 is 2.72 bits per heavy atom. The minimum absolute atomic E-state index is 0.256. The molecule has 0 saturated heterocycles. The largest absolute Gasteiger partial charge is 0.497 e. The molecule has 0 aliphatic heterocycles. The molecular weight excluding hydrogens is 224 g/mol. The lowest BCUT2D eigenvalue weighted by Gasteiger charge is -2.41. The van der Waals surface area contributed by atoms with E-state index >= 15 is 0 Å². The molecule has 0 radical (unpaired) electrons. The van der Waals surface area contributed by atoms with E-state index in [0.717, 1.165) is 37.0 Å². The van der Waals surface area contributed by atoms with E-state index in [4.69, 9.17) is 4.74 Å². The van der Waals surface area contributed by atoms with Crippen molar-refractivity contribution in [3.8, 4) is 5.75 Å². The van der Waals surface area contributed by atoms with Gasteiger partial charge in [-0.15, -0.1) is 0 Å². The average molecular weight is 248 g/mol. The van der Waals surface area contributed by atoms with E-state index in [0.29, 0.717) is 0 Å². The minimum atomic E-state index is -0.548. The summed E-state index contributed by atoms with van der Waals surface area (Å²) in [6.45, 7) is 4.51. The van der Waals surface area contributed by atoms with Crippen molar-refractivity contribution < 1.29 is 9.84 Å². The lowest BCUT2D eigenvalue weighted by atomic mass is 9.68. The molecule has 0 aromatic heterocycles. The Balaban J connectivity index is 2.11. The van der Waals surface area contributed by atoms with E-state index < -0.39 is 5.60 Å². The summed E-state index contributed by atoms with van der Waals surface area (Å²) in [7, 11) is 1.68. The highest BCUT2D eigenvalue weighted by Gasteiger charge is 2.38. The molecule has 0 amide bonds. The maximum Gasteiger partial charge on any atom is 0.119 e. The highest BCUT2D eigenvalue weighted by atomic mass is 16.5. The Morgan fingerprint density at radius 1 is 1.28 bits per heavy atom.